The van der Waals surface area contributed by atoms with Crippen LogP contribution in [0.2, 0.25) is 0 Å². The number of hydrogen-bond acceptors (Lipinski definition) is 2. The quantitative estimate of drug-likeness (QED) is 0.764. The van der Waals surface area contributed by atoms with Gasteiger partial charge in [0.1, 0.15) is 12.7 Å². The van der Waals surface area contributed by atoms with Gasteiger partial charge in [0, 0.05) is 6.54 Å². The maximum Gasteiger partial charge on any atom is 0.246 e. The molecule has 1 amide bonds. The summed E-state index contributed by atoms with van der Waals surface area (Å²) in [6, 6.07) is 9.90. The van der Waals surface area contributed by atoms with Gasteiger partial charge in [0.15, 0.2) is 0 Å². The summed E-state index contributed by atoms with van der Waals surface area (Å²) in [6.45, 7) is 0.738. The highest BCUT2D eigenvalue weighted by atomic mass is 35.5. The Kier molecular flexibility index (Phi) is 3.92. The summed E-state index contributed by atoms with van der Waals surface area (Å²) in [7, 11) is 0. The molecule has 2 rings (SSSR count). The summed E-state index contributed by atoms with van der Waals surface area (Å²) in [5, 5.41) is 2.77. The predicted octanol–water partition coefficient (Wildman–Crippen LogP) is 1.30. The van der Waals surface area contributed by atoms with Crippen molar-refractivity contribution in [2.75, 3.05) is 13.2 Å². The molecule has 1 aromatic rings. The summed E-state index contributed by atoms with van der Waals surface area (Å²) < 4.78 is 5.36. The van der Waals surface area contributed by atoms with Crippen molar-refractivity contribution in [1.29, 1.82) is 0 Å². The number of hydrogen-bond donors (Lipinski definition) is 1. The van der Waals surface area contributed by atoms with Crippen molar-refractivity contribution in [2.45, 2.75) is 6.10 Å². The zero-order chi connectivity index (χ0) is 9.10. The molecule has 1 aliphatic rings. The minimum atomic E-state index is -0.0350. The molecule has 0 bridgehead atoms. The first-order valence-electron chi connectivity index (χ1n) is 4.29. The summed E-state index contributed by atoms with van der Waals surface area (Å²) >= 11 is 0. The SMILES string of the molecule is Cl.O=C1COC(c2ccccc2)CN1. The van der Waals surface area contributed by atoms with Crippen LogP contribution in [0.25, 0.3) is 0 Å². The van der Waals surface area contributed by atoms with E-state index in [0.29, 0.717) is 6.54 Å². The Morgan fingerprint density at radius 1 is 1.29 bits per heavy atom. The van der Waals surface area contributed by atoms with E-state index in [0.717, 1.165) is 5.56 Å². The van der Waals surface area contributed by atoms with Gasteiger partial charge in [0.2, 0.25) is 5.91 Å². The number of morpholine rings is 1. The highest BCUT2D eigenvalue weighted by Crippen LogP contribution is 2.17. The van der Waals surface area contributed by atoms with Crippen LogP contribution in [-0.4, -0.2) is 19.1 Å². The zero-order valence-electron chi connectivity index (χ0n) is 7.60. The van der Waals surface area contributed by atoms with Gasteiger partial charge in [-0.3, -0.25) is 4.79 Å². The van der Waals surface area contributed by atoms with Crippen molar-refractivity contribution in [3.63, 3.8) is 0 Å². The topological polar surface area (TPSA) is 38.3 Å². The van der Waals surface area contributed by atoms with Crippen molar-refractivity contribution >= 4 is 18.3 Å². The second kappa shape index (κ2) is 4.98. The molecule has 1 unspecified atom stereocenters. The minimum Gasteiger partial charge on any atom is -0.362 e. The van der Waals surface area contributed by atoms with Gasteiger partial charge in [0.05, 0.1) is 0 Å². The number of carbonyl (C=O) groups excluding carboxylic acids is 1. The zero-order valence-corrected chi connectivity index (χ0v) is 8.42. The van der Waals surface area contributed by atoms with E-state index in [4.69, 9.17) is 4.74 Å². The lowest BCUT2D eigenvalue weighted by Crippen LogP contribution is -2.38. The van der Waals surface area contributed by atoms with Crippen LogP contribution in [0.15, 0.2) is 30.3 Å². The summed E-state index contributed by atoms with van der Waals surface area (Å²) in [5.74, 6) is -0.0350. The van der Waals surface area contributed by atoms with Crippen LogP contribution in [0.3, 0.4) is 0 Å². The number of ether oxygens (including phenoxy) is 1. The van der Waals surface area contributed by atoms with Crippen molar-refractivity contribution in [3.8, 4) is 0 Å². The third-order valence-electron chi connectivity index (χ3n) is 2.07. The van der Waals surface area contributed by atoms with Gasteiger partial charge >= 0.3 is 0 Å². The normalized spacial score (nSPS) is 20.9. The van der Waals surface area contributed by atoms with E-state index in [1.54, 1.807) is 0 Å². The molecule has 1 aromatic carbocycles. The van der Waals surface area contributed by atoms with Gasteiger partial charge in [-0.15, -0.1) is 12.4 Å². The average molecular weight is 214 g/mol. The molecule has 14 heavy (non-hydrogen) atoms. The fourth-order valence-electron chi connectivity index (χ4n) is 1.37. The lowest BCUT2D eigenvalue weighted by atomic mass is 10.1. The number of benzene rings is 1. The third-order valence-corrected chi connectivity index (χ3v) is 2.07. The van der Waals surface area contributed by atoms with Gasteiger partial charge in [-0.2, -0.15) is 0 Å². The third kappa shape index (κ3) is 2.47. The van der Waals surface area contributed by atoms with E-state index < -0.39 is 0 Å². The van der Waals surface area contributed by atoms with E-state index in [2.05, 4.69) is 5.32 Å². The van der Waals surface area contributed by atoms with E-state index >= 15 is 0 Å². The molecular weight excluding hydrogens is 202 g/mol. The van der Waals surface area contributed by atoms with Crippen molar-refractivity contribution in [2.24, 2.45) is 0 Å². The molecule has 0 radical (unpaired) electrons. The van der Waals surface area contributed by atoms with Crippen LogP contribution in [-0.2, 0) is 9.53 Å². The maximum atomic E-state index is 10.8. The molecule has 1 N–H and O–H groups in total. The average Bonchev–Trinajstić information content (AvgIpc) is 2.20. The second-order valence-electron chi connectivity index (χ2n) is 3.01. The number of halogens is 1. The second-order valence-corrected chi connectivity index (χ2v) is 3.01. The largest absolute Gasteiger partial charge is 0.362 e. The Morgan fingerprint density at radius 2 is 2.00 bits per heavy atom. The van der Waals surface area contributed by atoms with Crippen molar-refractivity contribution in [1.82, 2.24) is 5.32 Å². The lowest BCUT2D eigenvalue weighted by Gasteiger charge is -2.23. The Balaban J connectivity index is 0.000000980. The molecule has 1 heterocycles. The number of rotatable bonds is 1. The van der Waals surface area contributed by atoms with E-state index in [1.165, 1.54) is 0 Å². The van der Waals surface area contributed by atoms with Gasteiger partial charge in [-0.05, 0) is 5.56 Å². The van der Waals surface area contributed by atoms with Gasteiger partial charge in [-0.1, -0.05) is 30.3 Å². The summed E-state index contributed by atoms with van der Waals surface area (Å²) in [6.07, 6.45) is 0.0129. The van der Waals surface area contributed by atoms with Crippen LogP contribution in [0.5, 0.6) is 0 Å². The molecule has 1 saturated heterocycles. The smallest absolute Gasteiger partial charge is 0.246 e. The van der Waals surface area contributed by atoms with Gasteiger partial charge in [0.25, 0.3) is 0 Å². The molecule has 1 fully saturated rings. The van der Waals surface area contributed by atoms with E-state index in [9.17, 15) is 4.79 Å². The van der Waals surface area contributed by atoms with Crippen LogP contribution >= 0.6 is 12.4 Å². The molecule has 1 atom stereocenters. The molecule has 76 valence electrons. The lowest BCUT2D eigenvalue weighted by molar-refractivity contribution is -0.133. The van der Waals surface area contributed by atoms with Crippen LogP contribution in [0.4, 0.5) is 0 Å². The molecule has 1 aliphatic heterocycles. The van der Waals surface area contributed by atoms with Crippen LogP contribution < -0.4 is 5.32 Å². The Hall–Kier alpha value is -1.06. The minimum absolute atomic E-state index is 0. The Labute approximate surface area is 88.9 Å². The standard InChI is InChI=1S/C10H11NO2.ClH/c12-10-7-13-9(6-11-10)8-4-2-1-3-5-8;/h1-5,9H,6-7H2,(H,11,12);1H. The highest BCUT2D eigenvalue weighted by molar-refractivity contribution is 5.85. The van der Waals surface area contributed by atoms with Crippen LogP contribution in [0, 0.1) is 0 Å². The predicted molar refractivity (Wildman–Crippen MR) is 55.4 cm³/mol. The fraction of sp³-hybridized carbons (Fsp3) is 0.300. The first kappa shape index (κ1) is 11.0. The molecule has 4 heteroatoms. The fourth-order valence-corrected chi connectivity index (χ4v) is 1.37. The Morgan fingerprint density at radius 3 is 2.57 bits per heavy atom. The molecule has 0 aromatic heterocycles. The Bertz CT molecular complexity index is 292. The first-order valence-corrected chi connectivity index (χ1v) is 4.29. The van der Waals surface area contributed by atoms with E-state index in [1.807, 2.05) is 30.3 Å². The van der Waals surface area contributed by atoms with Crippen molar-refractivity contribution < 1.29 is 9.53 Å². The van der Waals surface area contributed by atoms with Gasteiger partial charge in [-0.25, -0.2) is 0 Å². The number of nitrogens with one attached hydrogen (secondary N) is 1. The molecule has 0 spiro atoms. The summed E-state index contributed by atoms with van der Waals surface area (Å²) in [4.78, 5) is 10.8. The maximum absolute atomic E-state index is 10.8. The number of carbonyl (C=O) groups is 1. The van der Waals surface area contributed by atoms with Gasteiger partial charge < -0.3 is 10.1 Å². The van der Waals surface area contributed by atoms with Crippen LogP contribution in [0.1, 0.15) is 11.7 Å². The van der Waals surface area contributed by atoms with E-state index in [-0.39, 0.29) is 31.0 Å². The number of amides is 1. The highest BCUT2D eigenvalue weighted by Gasteiger charge is 2.19. The molecule has 0 saturated carbocycles. The molecular formula is C10H12ClNO2. The molecule has 3 nitrogen and oxygen atoms in total. The molecule has 0 aliphatic carbocycles. The first-order chi connectivity index (χ1) is 6.36. The summed E-state index contributed by atoms with van der Waals surface area (Å²) in [5.41, 5.74) is 1.11. The monoisotopic (exact) mass is 213 g/mol. The van der Waals surface area contributed by atoms with Crippen molar-refractivity contribution in [3.05, 3.63) is 35.9 Å².